The molecule has 3 unspecified atom stereocenters. The van der Waals surface area contributed by atoms with Gasteiger partial charge in [0.15, 0.2) is 5.96 Å². The molecule has 1 aliphatic heterocycles. The first-order chi connectivity index (χ1) is 10.9. The lowest BCUT2D eigenvalue weighted by Gasteiger charge is -2.28. The predicted octanol–water partition coefficient (Wildman–Crippen LogP) is 2.41. The Bertz CT molecular complexity index is 355. The van der Waals surface area contributed by atoms with Crippen molar-refractivity contribution in [3.05, 3.63) is 0 Å². The van der Waals surface area contributed by atoms with Crippen molar-refractivity contribution in [2.75, 3.05) is 40.0 Å². The first-order valence-corrected chi connectivity index (χ1v) is 8.63. The quantitative estimate of drug-likeness (QED) is 0.333. The number of ether oxygens (including phenoxy) is 3. The largest absolute Gasteiger partial charge is 0.379 e. The standard InChI is InChI=1S/C17H35N3O3.HI/c1-7-18-16(19-10-15(21-6)17(3,4)5)20-13(2)11-23-14-8-9-22-12-14;/h13-15H,7-12H2,1-6H3,(H2,18,19,20);1H. The van der Waals surface area contributed by atoms with Gasteiger partial charge in [0, 0.05) is 26.3 Å². The summed E-state index contributed by atoms with van der Waals surface area (Å²) in [5, 5.41) is 6.67. The Hall–Kier alpha value is -0.120. The third kappa shape index (κ3) is 9.39. The number of hydrogen-bond acceptors (Lipinski definition) is 4. The topological polar surface area (TPSA) is 64.1 Å². The van der Waals surface area contributed by atoms with Gasteiger partial charge in [0.1, 0.15) is 0 Å². The van der Waals surface area contributed by atoms with E-state index in [-0.39, 0.29) is 47.6 Å². The summed E-state index contributed by atoms with van der Waals surface area (Å²) in [6.07, 6.45) is 1.31. The SMILES string of the molecule is CCNC(=NCC(OC)C(C)(C)C)NC(C)COC1CCOC1.I. The van der Waals surface area contributed by atoms with Gasteiger partial charge in [-0.3, -0.25) is 4.99 Å². The average molecular weight is 457 g/mol. The van der Waals surface area contributed by atoms with E-state index in [1.165, 1.54) is 0 Å². The fourth-order valence-corrected chi connectivity index (χ4v) is 2.40. The van der Waals surface area contributed by atoms with Crippen molar-refractivity contribution in [1.82, 2.24) is 10.6 Å². The van der Waals surface area contributed by atoms with Crippen LogP contribution in [0.1, 0.15) is 41.0 Å². The first kappa shape index (κ1) is 23.9. The smallest absolute Gasteiger partial charge is 0.191 e. The van der Waals surface area contributed by atoms with Crippen molar-refractivity contribution in [3.63, 3.8) is 0 Å². The lowest BCUT2D eigenvalue weighted by molar-refractivity contribution is 0.0239. The van der Waals surface area contributed by atoms with E-state index in [9.17, 15) is 0 Å². The number of hydrogen-bond donors (Lipinski definition) is 2. The Kier molecular flexibility index (Phi) is 12.2. The van der Waals surface area contributed by atoms with Crippen LogP contribution in [0.15, 0.2) is 4.99 Å². The minimum absolute atomic E-state index is 0. The van der Waals surface area contributed by atoms with Gasteiger partial charge in [-0.2, -0.15) is 0 Å². The van der Waals surface area contributed by atoms with Crippen LogP contribution in [-0.2, 0) is 14.2 Å². The highest BCUT2D eigenvalue weighted by atomic mass is 127. The molecule has 0 aromatic rings. The summed E-state index contributed by atoms with van der Waals surface area (Å²) in [7, 11) is 1.74. The Labute approximate surface area is 164 Å². The number of nitrogens with zero attached hydrogens (tertiary/aromatic N) is 1. The van der Waals surface area contributed by atoms with E-state index in [1.54, 1.807) is 7.11 Å². The molecule has 0 saturated carbocycles. The molecule has 1 rings (SSSR count). The zero-order chi connectivity index (χ0) is 17.3. The number of rotatable bonds is 8. The molecule has 144 valence electrons. The summed E-state index contributed by atoms with van der Waals surface area (Å²) < 4.78 is 16.7. The Morgan fingerprint density at radius 3 is 2.58 bits per heavy atom. The van der Waals surface area contributed by atoms with E-state index in [0.717, 1.165) is 25.5 Å². The third-order valence-corrected chi connectivity index (χ3v) is 3.86. The van der Waals surface area contributed by atoms with Gasteiger partial charge in [0.2, 0.25) is 0 Å². The molecule has 7 heteroatoms. The van der Waals surface area contributed by atoms with Crippen LogP contribution in [0, 0.1) is 5.41 Å². The Balaban J connectivity index is 0.00000529. The van der Waals surface area contributed by atoms with Crippen LogP contribution >= 0.6 is 24.0 Å². The lowest BCUT2D eigenvalue weighted by Crippen LogP contribution is -2.45. The minimum Gasteiger partial charge on any atom is -0.379 e. The average Bonchev–Trinajstić information content (AvgIpc) is 2.97. The highest BCUT2D eigenvalue weighted by Gasteiger charge is 2.24. The highest BCUT2D eigenvalue weighted by molar-refractivity contribution is 14.0. The van der Waals surface area contributed by atoms with Crippen LogP contribution in [0.3, 0.4) is 0 Å². The molecule has 1 heterocycles. The van der Waals surface area contributed by atoms with Gasteiger partial charge in [0.25, 0.3) is 0 Å². The van der Waals surface area contributed by atoms with Gasteiger partial charge in [-0.15, -0.1) is 24.0 Å². The molecule has 0 radical (unpaired) electrons. The molecule has 24 heavy (non-hydrogen) atoms. The van der Waals surface area contributed by atoms with Gasteiger partial charge >= 0.3 is 0 Å². The van der Waals surface area contributed by atoms with Crippen LogP contribution in [0.5, 0.6) is 0 Å². The zero-order valence-corrected chi connectivity index (χ0v) is 18.4. The summed E-state index contributed by atoms with van der Waals surface area (Å²) in [6.45, 7) is 14.3. The monoisotopic (exact) mass is 457 g/mol. The summed E-state index contributed by atoms with van der Waals surface area (Å²) in [6, 6.07) is 0.184. The molecule has 0 bridgehead atoms. The van der Waals surface area contributed by atoms with Crippen LogP contribution in [0.2, 0.25) is 0 Å². The minimum atomic E-state index is 0. The molecule has 2 N–H and O–H groups in total. The van der Waals surface area contributed by atoms with E-state index in [1.807, 2.05) is 0 Å². The van der Waals surface area contributed by atoms with Crippen molar-refractivity contribution < 1.29 is 14.2 Å². The van der Waals surface area contributed by atoms with Crippen molar-refractivity contribution >= 4 is 29.9 Å². The maximum Gasteiger partial charge on any atom is 0.191 e. The lowest BCUT2D eigenvalue weighted by atomic mass is 9.89. The number of aliphatic imine (C=N–C) groups is 1. The molecule has 6 nitrogen and oxygen atoms in total. The molecule has 3 atom stereocenters. The number of halogens is 1. The molecule has 0 spiro atoms. The zero-order valence-electron chi connectivity index (χ0n) is 16.1. The predicted molar refractivity (Wildman–Crippen MR) is 109 cm³/mol. The maximum atomic E-state index is 5.85. The van der Waals surface area contributed by atoms with Crippen LogP contribution in [0.25, 0.3) is 0 Å². The first-order valence-electron chi connectivity index (χ1n) is 8.63. The Morgan fingerprint density at radius 2 is 2.08 bits per heavy atom. The fraction of sp³-hybridized carbons (Fsp3) is 0.941. The third-order valence-electron chi connectivity index (χ3n) is 3.86. The van der Waals surface area contributed by atoms with Crippen molar-refractivity contribution in [1.29, 1.82) is 0 Å². The van der Waals surface area contributed by atoms with E-state index in [2.05, 4.69) is 50.2 Å². The summed E-state index contributed by atoms with van der Waals surface area (Å²) in [4.78, 5) is 4.66. The molecule has 0 amide bonds. The van der Waals surface area contributed by atoms with Gasteiger partial charge in [-0.1, -0.05) is 20.8 Å². The molecule has 1 fully saturated rings. The van der Waals surface area contributed by atoms with Crippen molar-refractivity contribution in [2.45, 2.75) is 59.3 Å². The summed E-state index contributed by atoms with van der Waals surface area (Å²) >= 11 is 0. The van der Waals surface area contributed by atoms with E-state index in [4.69, 9.17) is 14.2 Å². The molecule has 0 aromatic heterocycles. The summed E-state index contributed by atoms with van der Waals surface area (Å²) in [5.74, 6) is 0.803. The second-order valence-electron chi connectivity index (χ2n) is 7.17. The number of nitrogens with one attached hydrogen (secondary N) is 2. The Morgan fingerprint density at radius 1 is 1.38 bits per heavy atom. The van der Waals surface area contributed by atoms with Gasteiger partial charge in [-0.25, -0.2) is 0 Å². The molecule has 1 aliphatic rings. The summed E-state index contributed by atoms with van der Waals surface area (Å²) in [5.41, 5.74) is 0.0623. The highest BCUT2D eigenvalue weighted by Crippen LogP contribution is 2.21. The van der Waals surface area contributed by atoms with Crippen LogP contribution in [-0.4, -0.2) is 64.2 Å². The van der Waals surface area contributed by atoms with E-state index < -0.39 is 0 Å². The van der Waals surface area contributed by atoms with Crippen LogP contribution in [0.4, 0.5) is 0 Å². The number of methoxy groups -OCH3 is 1. The van der Waals surface area contributed by atoms with Gasteiger partial charge < -0.3 is 24.8 Å². The normalized spacial score (nSPS) is 21.1. The van der Waals surface area contributed by atoms with Gasteiger partial charge in [-0.05, 0) is 25.7 Å². The second kappa shape index (κ2) is 12.3. The van der Waals surface area contributed by atoms with Crippen molar-refractivity contribution in [2.24, 2.45) is 10.4 Å². The molecule has 1 saturated heterocycles. The maximum absolute atomic E-state index is 5.85. The molecule has 0 aromatic carbocycles. The molecule has 0 aliphatic carbocycles. The van der Waals surface area contributed by atoms with Crippen molar-refractivity contribution in [3.8, 4) is 0 Å². The van der Waals surface area contributed by atoms with E-state index in [0.29, 0.717) is 19.8 Å². The van der Waals surface area contributed by atoms with Crippen LogP contribution < -0.4 is 10.6 Å². The van der Waals surface area contributed by atoms with E-state index >= 15 is 0 Å². The molecular weight excluding hydrogens is 421 g/mol. The molecular formula is C17H36IN3O3. The number of guanidine groups is 1. The van der Waals surface area contributed by atoms with Gasteiger partial charge in [0.05, 0.1) is 32.0 Å². The second-order valence-corrected chi connectivity index (χ2v) is 7.17. The fourth-order valence-electron chi connectivity index (χ4n) is 2.40.